The maximum absolute atomic E-state index is 11.1. The molecule has 0 rings (SSSR count). The smallest absolute Gasteiger partial charge is 0.225 e. The lowest BCUT2D eigenvalue weighted by atomic mass is 9.96. The molecule has 0 aliphatic heterocycles. The summed E-state index contributed by atoms with van der Waals surface area (Å²) in [7, 11) is 0. The predicted octanol–water partition coefficient (Wildman–Crippen LogP) is 0.531. The summed E-state index contributed by atoms with van der Waals surface area (Å²) in [6, 6.07) is 0. The molecule has 0 unspecified atom stereocenters. The van der Waals surface area contributed by atoms with Gasteiger partial charge in [-0.3, -0.25) is 4.79 Å². The van der Waals surface area contributed by atoms with Crippen LogP contribution in [0.5, 0.6) is 0 Å². The van der Waals surface area contributed by atoms with Crippen molar-refractivity contribution in [1.29, 1.82) is 0 Å². The van der Waals surface area contributed by atoms with Crippen molar-refractivity contribution in [3.8, 4) is 0 Å². The topological polar surface area (TPSA) is 49.3 Å². The highest BCUT2D eigenvalue weighted by Crippen LogP contribution is 2.11. The van der Waals surface area contributed by atoms with E-state index in [1.165, 1.54) is 0 Å². The highest BCUT2D eigenvalue weighted by Gasteiger charge is 2.19. The lowest BCUT2D eigenvalue weighted by Gasteiger charge is -2.17. The first-order chi connectivity index (χ1) is 4.98. The molecule has 0 heterocycles. The summed E-state index contributed by atoms with van der Waals surface area (Å²) in [5.41, 5.74) is -0.324. The van der Waals surface area contributed by atoms with E-state index in [9.17, 15) is 4.79 Å². The molecule has 0 spiro atoms. The number of amides is 1. The van der Waals surface area contributed by atoms with Gasteiger partial charge in [0.25, 0.3) is 0 Å². The lowest BCUT2D eigenvalue weighted by Crippen LogP contribution is -2.35. The van der Waals surface area contributed by atoms with Gasteiger partial charge in [0, 0.05) is 18.6 Å². The Morgan fingerprint density at radius 1 is 1.45 bits per heavy atom. The summed E-state index contributed by atoms with van der Waals surface area (Å²) >= 11 is 0. The molecule has 1 amide bonds. The zero-order valence-corrected chi connectivity index (χ0v) is 7.48. The Labute approximate surface area is 67.8 Å². The van der Waals surface area contributed by atoms with Gasteiger partial charge in [-0.2, -0.15) is 0 Å². The molecule has 66 valence electrons. The standard InChI is InChI=1S/C8H17NO2/c1-8(2,3)7(11)9-5-4-6-10/h10H,4-6H2,1-3H3,(H,9,11). The number of carbonyl (C=O) groups is 1. The number of hydrogen-bond acceptors (Lipinski definition) is 2. The molecule has 2 N–H and O–H groups in total. The van der Waals surface area contributed by atoms with Crippen LogP contribution in [-0.4, -0.2) is 24.2 Å². The van der Waals surface area contributed by atoms with Gasteiger partial charge in [-0.05, 0) is 6.42 Å². The summed E-state index contributed by atoms with van der Waals surface area (Å²) < 4.78 is 0. The van der Waals surface area contributed by atoms with Crippen LogP contribution < -0.4 is 5.32 Å². The van der Waals surface area contributed by atoms with Crippen molar-refractivity contribution in [2.75, 3.05) is 13.2 Å². The Morgan fingerprint density at radius 2 is 2.00 bits per heavy atom. The highest BCUT2D eigenvalue weighted by molar-refractivity contribution is 5.81. The second-order valence-electron chi connectivity index (χ2n) is 3.58. The molecule has 0 saturated carbocycles. The summed E-state index contributed by atoms with van der Waals surface area (Å²) in [4.78, 5) is 11.1. The second-order valence-corrected chi connectivity index (χ2v) is 3.58. The molecule has 0 aromatic rings. The highest BCUT2D eigenvalue weighted by atomic mass is 16.3. The Bertz CT molecular complexity index is 127. The predicted molar refractivity (Wildman–Crippen MR) is 44.2 cm³/mol. The van der Waals surface area contributed by atoms with Crippen molar-refractivity contribution >= 4 is 5.91 Å². The number of hydrogen-bond donors (Lipinski definition) is 2. The molecular formula is C8H17NO2. The van der Waals surface area contributed by atoms with Crippen LogP contribution in [-0.2, 0) is 4.79 Å². The average Bonchev–Trinajstić information content (AvgIpc) is 1.86. The molecule has 0 radical (unpaired) electrons. The Morgan fingerprint density at radius 3 is 2.36 bits per heavy atom. The summed E-state index contributed by atoms with van der Waals surface area (Å²) in [5, 5.41) is 11.2. The first-order valence-electron chi connectivity index (χ1n) is 3.87. The maximum atomic E-state index is 11.1. The Hall–Kier alpha value is -0.570. The van der Waals surface area contributed by atoms with Crippen molar-refractivity contribution in [2.45, 2.75) is 27.2 Å². The molecular weight excluding hydrogens is 142 g/mol. The van der Waals surface area contributed by atoms with Crippen LogP contribution in [0.4, 0.5) is 0 Å². The van der Waals surface area contributed by atoms with Crippen LogP contribution in [0.1, 0.15) is 27.2 Å². The fraction of sp³-hybridized carbons (Fsp3) is 0.875. The van der Waals surface area contributed by atoms with E-state index in [0.29, 0.717) is 13.0 Å². The van der Waals surface area contributed by atoms with Gasteiger partial charge in [0.2, 0.25) is 5.91 Å². The number of rotatable bonds is 3. The van der Waals surface area contributed by atoms with Gasteiger partial charge in [-0.25, -0.2) is 0 Å². The van der Waals surface area contributed by atoms with E-state index in [0.717, 1.165) is 0 Å². The van der Waals surface area contributed by atoms with Crippen LogP contribution in [0.25, 0.3) is 0 Å². The lowest BCUT2D eigenvalue weighted by molar-refractivity contribution is -0.128. The first kappa shape index (κ1) is 10.4. The van der Waals surface area contributed by atoms with Gasteiger partial charge in [-0.15, -0.1) is 0 Å². The second kappa shape index (κ2) is 4.34. The van der Waals surface area contributed by atoms with E-state index in [1.807, 2.05) is 20.8 Å². The van der Waals surface area contributed by atoms with E-state index in [1.54, 1.807) is 0 Å². The maximum Gasteiger partial charge on any atom is 0.225 e. The van der Waals surface area contributed by atoms with Crippen LogP contribution in [0.15, 0.2) is 0 Å². The van der Waals surface area contributed by atoms with E-state index >= 15 is 0 Å². The van der Waals surface area contributed by atoms with Crippen molar-refractivity contribution in [2.24, 2.45) is 5.41 Å². The summed E-state index contributed by atoms with van der Waals surface area (Å²) in [6.45, 7) is 6.28. The molecule has 0 saturated heterocycles. The molecule has 3 heteroatoms. The molecule has 11 heavy (non-hydrogen) atoms. The largest absolute Gasteiger partial charge is 0.396 e. The number of carbonyl (C=O) groups excluding carboxylic acids is 1. The van der Waals surface area contributed by atoms with Crippen LogP contribution in [0.2, 0.25) is 0 Å². The van der Waals surface area contributed by atoms with Crippen molar-refractivity contribution in [1.82, 2.24) is 5.32 Å². The van der Waals surface area contributed by atoms with Crippen molar-refractivity contribution < 1.29 is 9.90 Å². The SMILES string of the molecule is CC(C)(C)C(=O)NCCCO. The minimum Gasteiger partial charge on any atom is -0.396 e. The third kappa shape index (κ3) is 4.79. The Kier molecular flexibility index (Phi) is 4.11. The zero-order chi connectivity index (χ0) is 8.91. The third-order valence-corrected chi connectivity index (χ3v) is 1.30. The fourth-order valence-corrected chi connectivity index (χ4v) is 0.546. The summed E-state index contributed by atoms with van der Waals surface area (Å²) in [5.74, 6) is 0.0333. The molecule has 0 aromatic carbocycles. The van der Waals surface area contributed by atoms with Gasteiger partial charge in [0.1, 0.15) is 0 Å². The van der Waals surface area contributed by atoms with E-state index in [-0.39, 0.29) is 17.9 Å². The van der Waals surface area contributed by atoms with Crippen LogP contribution in [0, 0.1) is 5.41 Å². The molecule has 0 fully saturated rings. The fourth-order valence-electron chi connectivity index (χ4n) is 0.546. The van der Waals surface area contributed by atoms with E-state index in [4.69, 9.17) is 5.11 Å². The molecule has 0 aliphatic carbocycles. The van der Waals surface area contributed by atoms with Crippen LogP contribution >= 0.6 is 0 Å². The van der Waals surface area contributed by atoms with Gasteiger partial charge < -0.3 is 10.4 Å². The monoisotopic (exact) mass is 159 g/mol. The third-order valence-electron chi connectivity index (χ3n) is 1.30. The van der Waals surface area contributed by atoms with E-state index in [2.05, 4.69) is 5.32 Å². The molecule has 0 bridgehead atoms. The van der Waals surface area contributed by atoms with Crippen molar-refractivity contribution in [3.05, 3.63) is 0 Å². The Balaban J connectivity index is 3.54. The van der Waals surface area contributed by atoms with Crippen molar-refractivity contribution in [3.63, 3.8) is 0 Å². The quantitative estimate of drug-likeness (QED) is 0.590. The zero-order valence-electron chi connectivity index (χ0n) is 7.48. The molecule has 0 aromatic heterocycles. The van der Waals surface area contributed by atoms with Gasteiger partial charge in [0.05, 0.1) is 0 Å². The minimum atomic E-state index is -0.324. The van der Waals surface area contributed by atoms with Crippen LogP contribution in [0.3, 0.4) is 0 Å². The van der Waals surface area contributed by atoms with E-state index < -0.39 is 0 Å². The summed E-state index contributed by atoms with van der Waals surface area (Å²) in [6.07, 6.45) is 0.627. The minimum absolute atomic E-state index is 0.0333. The van der Waals surface area contributed by atoms with Gasteiger partial charge >= 0.3 is 0 Å². The molecule has 3 nitrogen and oxygen atoms in total. The number of aliphatic hydroxyl groups is 1. The first-order valence-corrected chi connectivity index (χ1v) is 3.87. The van der Waals surface area contributed by atoms with Gasteiger partial charge in [-0.1, -0.05) is 20.8 Å². The average molecular weight is 159 g/mol. The molecule has 0 aliphatic rings. The van der Waals surface area contributed by atoms with Gasteiger partial charge in [0.15, 0.2) is 0 Å². The number of nitrogens with one attached hydrogen (secondary N) is 1. The normalized spacial score (nSPS) is 11.3. The number of aliphatic hydroxyl groups excluding tert-OH is 1. The molecule has 0 atom stereocenters.